The third kappa shape index (κ3) is 41.6. The minimum Gasteiger partial charge on any atom is -0.462 e. The van der Waals surface area contributed by atoms with Crippen LogP contribution in [0.2, 0.25) is 0 Å². The first-order valence-corrected chi connectivity index (χ1v) is 21.8. The average molecular weight is 749 g/mol. The molecular formula is C49H80O5. The van der Waals surface area contributed by atoms with Crippen LogP contribution in [0.5, 0.6) is 0 Å². The summed E-state index contributed by atoms with van der Waals surface area (Å²) in [6, 6.07) is 0. The Morgan fingerprint density at radius 1 is 0.426 bits per heavy atom. The van der Waals surface area contributed by atoms with E-state index in [2.05, 4.69) is 112 Å². The van der Waals surface area contributed by atoms with Crippen molar-refractivity contribution >= 4 is 11.9 Å². The summed E-state index contributed by atoms with van der Waals surface area (Å²) in [5, 5.41) is 0. The number of unbranched alkanes of at least 4 members (excludes halogenated alkanes) is 11. The number of allylic oxidation sites excluding steroid dienone is 16. The van der Waals surface area contributed by atoms with Gasteiger partial charge in [-0.1, -0.05) is 176 Å². The van der Waals surface area contributed by atoms with E-state index in [1.165, 1.54) is 44.9 Å². The van der Waals surface area contributed by atoms with Gasteiger partial charge in [0.25, 0.3) is 0 Å². The largest absolute Gasteiger partial charge is 0.462 e. The molecule has 0 aromatic rings. The Kier molecular flexibility index (Phi) is 41.6. The van der Waals surface area contributed by atoms with E-state index < -0.39 is 6.10 Å². The second-order valence-electron chi connectivity index (χ2n) is 13.8. The first kappa shape index (κ1) is 50.8. The predicted molar refractivity (Wildman–Crippen MR) is 233 cm³/mol. The molecule has 0 aliphatic carbocycles. The zero-order valence-corrected chi connectivity index (χ0v) is 34.9. The van der Waals surface area contributed by atoms with Crippen LogP contribution in [0, 0.1) is 0 Å². The Labute approximate surface area is 332 Å². The lowest BCUT2D eigenvalue weighted by Crippen LogP contribution is -2.30. The van der Waals surface area contributed by atoms with Gasteiger partial charge < -0.3 is 14.2 Å². The Bertz CT molecular complexity index is 1070. The normalized spacial score (nSPS) is 13.2. The maximum absolute atomic E-state index is 12.6. The lowest BCUT2D eigenvalue weighted by Gasteiger charge is -2.18. The molecule has 0 N–H and O–H groups in total. The van der Waals surface area contributed by atoms with Gasteiger partial charge in [-0.25, -0.2) is 0 Å². The fraction of sp³-hybridized carbons (Fsp3) is 0.633. The Morgan fingerprint density at radius 2 is 0.870 bits per heavy atom. The molecule has 0 saturated heterocycles. The number of hydrogen-bond donors (Lipinski definition) is 0. The van der Waals surface area contributed by atoms with Gasteiger partial charge in [-0.05, 0) is 83.5 Å². The molecule has 0 saturated carbocycles. The molecule has 0 aliphatic rings. The molecule has 0 heterocycles. The lowest BCUT2D eigenvalue weighted by molar-refractivity contribution is -0.162. The fourth-order valence-electron chi connectivity index (χ4n) is 5.45. The van der Waals surface area contributed by atoms with Crippen molar-refractivity contribution in [2.45, 2.75) is 181 Å². The van der Waals surface area contributed by atoms with Crippen LogP contribution in [0.4, 0.5) is 0 Å². The second kappa shape index (κ2) is 44.2. The van der Waals surface area contributed by atoms with Gasteiger partial charge in [-0.15, -0.1) is 0 Å². The van der Waals surface area contributed by atoms with Crippen LogP contribution >= 0.6 is 0 Å². The van der Waals surface area contributed by atoms with E-state index in [0.717, 1.165) is 89.9 Å². The molecule has 1 unspecified atom stereocenters. The number of rotatable bonds is 38. The highest BCUT2D eigenvalue weighted by Crippen LogP contribution is 2.11. The first-order valence-electron chi connectivity index (χ1n) is 21.8. The van der Waals surface area contributed by atoms with E-state index in [0.29, 0.717) is 25.9 Å². The Hall–Kier alpha value is -3.18. The predicted octanol–water partition coefficient (Wildman–Crippen LogP) is 14.3. The fourth-order valence-corrected chi connectivity index (χ4v) is 5.45. The quantitative estimate of drug-likeness (QED) is 0.0357. The first-order chi connectivity index (χ1) is 26.6. The van der Waals surface area contributed by atoms with Crippen molar-refractivity contribution in [3.8, 4) is 0 Å². The molecule has 0 spiro atoms. The third-order valence-corrected chi connectivity index (χ3v) is 8.63. The summed E-state index contributed by atoms with van der Waals surface area (Å²) in [4.78, 5) is 25.1. The molecular weight excluding hydrogens is 669 g/mol. The molecule has 54 heavy (non-hydrogen) atoms. The van der Waals surface area contributed by atoms with Gasteiger partial charge in [-0.2, -0.15) is 0 Å². The standard InChI is InChI=1S/C49H80O5/c1-4-7-10-13-16-18-20-22-23-24-25-26-27-29-30-32-34-36-39-42-48(50)53-46-47(45-52-44-41-38-15-12-9-6-3)54-49(51)43-40-37-35-33-31-28-21-19-17-14-11-8-5-2/h7-8,10-11,16-19,22-23,25-26,28,31,35,37,47H,4-6,9,12-15,20-21,24,27,29-30,32-34,36,38-46H2,1-3H3/b10-7-,11-8-,18-16-,19-17-,23-22-,26-25-,31-28-,37-35-. The van der Waals surface area contributed by atoms with Crippen molar-refractivity contribution in [3.63, 3.8) is 0 Å². The molecule has 0 fully saturated rings. The number of carbonyl (C=O) groups excluding carboxylic acids is 2. The van der Waals surface area contributed by atoms with Crippen LogP contribution in [-0.2, 0) is 23.8 Å². The lowest BCUT2D eigenvalue weighted by atomic mass is 10.1. The summed E-state index contributed by atoms with van der Waals surface area (Å²) in [5.41, 5.74) is 0. The van der Waals surface area contributed by atoms with Crippen molar-refractivity contribution < 1.29 is 23.8 Å². The van der Waals surface area contributed by atoms with Gasteiger partial charge in [-0.3, -0.25) is 9.59 Å². The van der Waals surface area contributed by atoms with Crippen LogP contribution in [0.3, 0.4) is 0 Å². The molecule has 5 nitrogen and oxygen atoms in total. The van der Waals surface area contributed by atoms with Crippen LogP contribution in [0.1, 0.15) is 175 Å². The van der Waals surface area contributed by atoms with Crippen molar-refractivity contribution in [1.82, 2.24) is 0 Å². The molecule has 306 valence electrons. The molecule has 5 heteroatoms. The van der Waals surface area contributed by atoms with Crippen LogP contribution in [0.25, 0.3) is 0 Å². The Morgan fingerprint density at radius 3 is 1.41 bits per heavy atom. The highest BCUT2D eigenvalue weighted by molar-refractivity contribution is 5.70. The Balaban J connectivity index is 4.24. The molecule has 0 rings (SSSR count). The summed E-state index contributed by atoms with van der Waals surface area (Å²) >= 11 is 0. The average Bonchev–Trinajstić information content (AvgIpc) is 3.17. The summed E-state index contributed by atoms with van der Waals surface area (Å²) in [7, 11) is 0. The maximum Gasteiger partial charge on any atom is 0.306 e. The van der Waals surface area contributed by atoms with Gasteiger partial charge in [0.05, 0.1) is 6.61 Å². The highest BCUT2D eigenvalue weighted by atomic mass is 16.6. The van der Waals surface area contributed by atoms with Crippen LogP contribution < -0.4 is 0 Å². The van der Waals surface area contributed by atoms with Crippen molar-refractivity contribution in [1.29, 1.82) is 0 Å². The monoisotopic (exact) mass is 749 g/mol. The molecule has 1 atom stereocenters. The van der Waals surface area contributed by atoms with Gasteiger partial charge in [0.15, 0.2) is 6.10 Å². The zero-order chi connectivity index (χ0) is 39.3. The molecule has 0 aromatic heterocycles. The maximum atomic E-state index is 12.6. The smallest absolute Gasteiger partial charge is 0.306 e. The van der Waals surface area contributed by atoms with E-state index in [1.54, 1.807) is 0 Å². The van der Waals surface area contributed by atoms with E-state index in [4.69, 9.17) is 14.2 Å². The van der Waals surface area contributed by atoms with Gasteiger partial charge in [0.2, 0.25) is 0 Å². The summed E-state index contributed by atoms with van der Waals surface area (Å²) in [6.45, 7) is 7.44. The number of ether oxygens (including phenoxy) is 3. The van der Waals surface area contributed by atoms with Gasteiger partial charge in [0, 0.05) is 19.4 Å². The summed E-state index contributed by atoms with van der Waals surface area (Å²) in [6.07, 6.45) is 58.6. The SMILES string of the molecule is CC/C=C\C/C=C\C/C=C\C/C=C\CCCCCCCCC(=O)OCC(COCCCCCCCC)OC(=O)CC/C=C\C/C=C\C/C=C\C/C=C\CC. The third-order valence-electron chi connectivity index (χ3n) is 8.63. The molecule has 0 bridgehead atoms. The van der Waals surface area contributed by atoms with E-state index >= 15 is 0 Å². The highest BCUT2D eigenvalue weighted by Gasteiger charge is 2.17. The van der Waals surface area contributed by atoms with Crippen LogP contribution in [-0.4, -0.2) is 37.9 Å². The van der Waals surface area contributed by atoms with E-state index in [9.17, 15) is 9.59 Å². The van der Waals surface area contributed by atoms with Gasteiger partial charge >= 0.3 is 11.9 Å². The molecule has 0 aromatic carbocycles. The summed E-state index contributed by atoms with van der Waals surface area (Å²) < 4.78 is 17.1. The van der Waals surface area contributed by atoms with Crippen LogP contribution in [0.15, 0.2) is 97.2 Å². The minimum atomic E-state index is -0.579. The summed E-state index contributed by atoms with van der Waals surface area (Å²) in [5.74, 6) is -0.519. The molecule has 0 radical (unpaired) electrons. The number of carbonyl (C=O) groups is 2. The topological polar surface area (TPSA) is 61.8 Å². The zero-order valence-electron chi connectivity index (χ0n) is 34.9. The van der Waals surface area contributed by atoms with Crippen molar-refractivity contribution in [3.05, 3.63) is 97.2 Å². The van der Waals surface area contributed by atoms with Crippen molar-refractivity contribution in [2.75, 3.05) is 19.8 Å². The molecule has 0 amide bonds. The number of hydrogen-bond acceptors (Lipinski definition) is 5. The van der Waals surface area contributed by atoms with E-state index in [-0.39, 0.29) is 25.2 Å². The van der Waals surface area contributed by atoms with E-state index in [1.807, 2.05) is 6.08 Å². The van der Waals surface area contributed by atoms with Gasteiger partial charge in [0.1, 0.15) is 6.61 Å². The minimum absolute atomic E-state index is 0.0440. The molecule has 0 aliphatic heterocycles. The number of esters is 2. The van der Waals surface area contributed by atoms with Crippen molar-refractivity contribution in [2.24, 2.45) is 0 Å². The second-order valence-corrected chi connectivity index (χ2v) is 13.8.